The van der Waals surface area contributed by atoms with Crippen LogP contribution in [0.15, 0.2) is 0 Å². The van der Waals surface area contributed by atoms with Crippen LogP contribution in [0.4, 0.5) is 0 Å². The average molecular weight is 755 g/mol. The average Bonchev–Trinajstić information content (AvgIpc) is 3.05. The Hall–Kier alpha value is 0.960. The van der Waals surface area contributed by atoms with Crippen LogP contribution in [0.1, 0.15) is 117 Å². The Morgan fingerprint density at radius 3 is 0.932 bits per heavy atom. The lowest BCUT2D eigenvalue weighted by molar-refractivity contribution is 0.271. The number of rotatable bonds is 18. The molecule has 2 heterocycles. The SMILES string of the molecule is CCCCCCCCCCSC(=S)N1CCN(C(=S)SSC(=S)N2CCN(C(=S)SCCCCCCCCCC)CC2)CC1. The van der Waals surface area contributed by atoms with E-state index in [0.29, 0.717) is 0 Å². The first-order valence-electron chi connectivity index (χ1n) is 17.2. The van der Waals surface area contributed by atoms with Crippen LogP contribution in [-0.2, 0) is 0 Å². The van der Waals surface area contributed by atoms with E-state index in [-0.39, 0.29) is 0 Å². The van der Waals surface area contributed by atoms with E-state index in [9.17, 15) is 0 Å². The van der Waals surface area contributed by atoms with Crippen molar-refractivity contribution in [1.82, 2.24) is 19.6 Å². The zero-order chi connectivity index (χ0) is 31.8. The summed E-state index contributed by atoms with van der Waals surface area (Å²) in [5.41, 5.74) is 0. The maximum absolute atomic E-state index is 5.79. The van der Waals surface area contributed by atoms with Crippen LogP contribution in [0.3, 0.4) is 0 Å². The summed E-state index contributed by atoms with van der Waals surface area (Å²) in [4.78, 5) is 9.37. The number of thioether (sulfide) groups is 2. The first-order valence-corrected chi connectivity index (χ1v) is 23.0. The highest BCUT2D eigenvalue weighted by atomic mass is 33.1. The molecule has 0 unspecified atom stereocenters. The largest absolute Gasteiger partial charge is 0.354 e. The van der Waals surface area contributed by atoms with E-state index in [0.717, 1.165) is 81.1 Å². The fourth-order valence-electron chi connectivity index (χ4n) is 5.29. The molecule has 0 radical (unpaired) electrons. The number of hydrogen-bond donors (Lipinski definition) is 0. The Morgan fingerprint density at radius 2 is 0.636 bits per heavy atom. The minimum Gasteiger partial charge on any atom is -0.354 e. The van der Waals surface area contributed by atoms with E-state index in [2.05, 4.69) is 33.4 Å². The van der Waals surface area contributed by atoms with Crippen LogP contribution >= 0.6 is 94.0 Å². The molecule has 0 amide bonds. The van der Waals surface area contributed by atoms with Crippen molar-refractivity contribution in [2.45, 2.75) is 117 Å². The van der Waals surface area contributed by atoms with Crippen molar-refractivity contribution in [3.05, 3.63) is 0 Å². The first-order chi connectivity index (χ1) is 21.5. The predicted molar refractivity (Wildman–Crippen MR) is 222 cm³/mol. The van der Waals surface area contributed by atoms with Gasteiger partial charge in [-0.25, -0.2) is 0 Å². The van der Waals surface area contributed by atoms with E-state index < -0.39 is 0 Å². The van der Waals surface area contributed by atoms with Gasteiger partial charge < -0.3 is 19.6 Å². The quantitative estimate of drug-likeness (QED) is 0.0751. The van der Waals surface area contributed by atoms with Gasteiger partial charge in [0, 0.05) is 63.9 Å². The highest BCUT2D eigenvalue weighted by Gasteiger charge is 2.24. The molecule has 2 aliphatic heterocycles. The van der Waals surface area contributed by atoms with Crippen LogP contribution in [-0.4, -0.2) is 101 Å². The minimum absolute atomic E-state index is 0.935. The van der Waals surface area contributed by atoms with Gasteiger partial charge in [0.2, 0.25) is 0 Å². The Morgan fingerprint density at radius 1 is 0.386 bits per heavy atom. The van der Waals surface area contributed by atoms with Crippen molar-refractivity contribution in [3.63, 3.8) is 0 Å². The Kier molecular flexibility index (Phi) is 25.1. The van der Waals surface area contributed by atoms with Crippen LogP contribution in [0, 0.1) is 0 Å². The lowest BCUT2D eigenvalue weighted by atomic mass is 10.1. The molecule has 0 aliphatic carbocycles. The number of unbranched alkanes of at least 4 members (excludes halogenated alkanes) is 14. The third kappa shape index (κ3) is 18.5. The van der Waals surface area contributed by atoms with E-state index in [4.69, 9.17) is 48.9 Å². The van der Waals surface area contributed by atoms with Gasteiger partial charge >= 0.3 is 0 Å². The third-order valence-electron chi connectivity index (χ3n) is 8.22. The Labute approximate surface area is 308 Å². The fourth-order valence-corrected chi connectivity index (χ4v) is 10.7. The molecule has 2 fully saturated rings. The molecule has 0 aromatic carbocycles. The second kappa shape index (κ2) is 26.9. The van der Waals surface area contributed by atoms with Gasteiger partial charge in [-0.05, 0) is 34.4 Å². The molecule has 0 N–H and O–H groups in total. The molecule has 0 spiro atoms. The monoisotopic (exact) mass is 754 g/mol. The van der Waals surface area contributed by atoms with Crippen molar-refractivity contribution in [3.8, 4) is 0 Å². The second-order valence-electron chi connectivity index (χ2n) is 11.8. The molecule has 2 saturated heterocycles. The van der Waals surface area contributed by atoms with Gasteiger partial charge in [-0.3, -0.25) is 0 Å². The van der Waals surface area contributed by atoms with Gasteiger partial charge in [-0.2, -0.15) is 0 Å². The van der Waals surface area contributed by atoms with Gasteiger partial charge in [0.05, 0.1) is 0 Å². The zero-order valence-electron chi connectivity index (χ0n) is 27.4. The number of nitrogens with zero attached hydrogens (tertiary/aromatic N) is 4. The summed E-state index contributed by atoms with van der Waals surface area (Å²) in [5, 5.41) is 0. The summed E-state index contributed by atoms with van der Waals surface area (Å²) in [5.74, 6) is 2.29. The van der Waals surface area contributed by atoms with Gasteiger partial charge in [-0.15, -0.1) is 0 Å². The van der Waals surface area contributed by atoms with Gasteiger partial charge in [0.1, 0.15) is 17.3 Å². The molecule has 0 saturated carbocycles. The van der Waals surface area contributed by atoms with Gasteiger partial charge in [0.15, 0.2) is 0 Å². The summed E-state index contributed by atoms with van der Waals surface area (Å²) in [6.45, 7) is 12.1. The molecule has 0 aromatic rings. The van der Waals surface area contributed by atoms with E-state index in [1.807, 2.05) is 23.5 Å². The van der Waals surface area contributed by atoms with Crippen LogP contribution in [0.5, 0.6) is 0 Å². The molecule has 2 aliphatic rings. The predicted octanol–water partition coefficient (Wildman–Crippen LogP) is 10.5. The molecule has 254 valence electrons. The molecular formula is C32H58N4S8. The van der Waals surface area contributed by atoms with Crippen LogP contribution in [0.2, 0.25) is 0 Å². The normalized spacial score (nSPS) is 15.6. The van der Waals surface area contributed by atoms with Crippen LogP contribution in [0.25, 0.3) is 0 Å². The van der Waals surface area contributed by atoms with E-state index in [1.165, 1.54) is 103 Å². The summed E-state index contributed by atoms with van der Waals surface area (Å²) in [6, 6.07) is 0. The van der Waals surface area contributed by atoms with Crippen molar-refractivity contribution in [2.24, 2.45) is 0 Å². The van der Waals surface area contributed by atoms with Crippen molar-refractivity contribution >= 4 is 111 Å². The van der Waals surface area contributed by atoms with Crippen LogP contribution < -0.4 is 0 Å². The second-order valence-corrected chi connectivity index (χ2v) is 18.7. The van der Waals surface area contributed by atoms with E-state index >= 15 is 0 Å². The van der Waals surface area contributed by atoms with Gasteiger partial charge in [0.25, 0.3) is 0 Å². The fraction of sp³-hybridized carbons (Fsp3) is 0.875. The highest BCUT2D eigenvalue weighted by molar-refractivity contribution is 8.89. The molecule has 2 rings (SSSR count). The summed E-state index contributed by atoms with van der Waals surface area (Å²) in [6.07, 6.45) is 21.8. The maximum atomic E-state index is 5.79. The smallest absolute Gasteiger partial charge is 0.147 e. The summed E-state index contributed by atoms with van der Waals surface area (Å²) in [7, 11) is 3.29. The molecule has 4 nitrogen and oxygen atoms in total. The molecule has 0 aromatic heterocycles. The standard InChI is InChI=1S/C32H58N4S8/c1-3-5-7-9-11-13-15-17-27-41-29(37)33-19-23-35(24-20-33)31(39)43-44-32(40)36-25-21-34(22-26-36)30(38)42-28-18-16-14-12-10-8-6-4-2/h3-28H2,1-2H3. The van der Waals surface area contributed by atoms with Crippen molar-refractivity contribution < 1.29 is 0 Å². The Bertz CT molecular complexity index is 748. The molecule has 12 heteroatoms. The number of piperazine rings is 2. The third-order valence-corrected chi connectivity index (χ3v) is 15.2. The molecule has 0 bridgehead atoms. The van der Waals surface area contributed by atoms with Crippen molar-refractivity contribution in [2.75, 3.05) is 63.9 Å². The highest BCUT2D eigenvalue weighted by Crippen LogP contribution is 2.30. The number of hydrogen-bond acceptors (Lipinski definition) is 8. The lowest BCUT2D eigenvalue weighted by Gasteiger charge is -2.38. The lowest BCUT2D eigenvalue weighted by Crippen LogP contribution is -2.49. The molecular weight excluding hydrogens is 697 g/mol. The number of thiocarbonyl (C=S) groups is 4. The first kappa shape index (κ1) is 41.1. The molecule has 44 heavy (non-hydrogen) atoms. The minimum atomic E-state index is 0.935. The molecule has 0 atom stereocenters. The Balaban J connectivity index is 1.49. The maximum Gasteiger partial charge on any atom is 0.147 e. The van der Waals surface area contributed by atoms with Gasteiger partial charge in [-0.1, -0.05) is 176 Å². The van der Waals surface area contributed by atoms with Crippen molar-refractivity contribution in [1.29, 1.82) is 0 Å². The van der Waals surface area contributed by atoms with E-state index in [1.54, 1.807) is 21.6 Å². The zero-order valence-corrected chi connectivity index (χ0v) is 34.0. The summed E-state index contributed by atoms with van der Waals surface area (Å²) < 4.78 is 4.00. The topological polar surface area (TPSA) is 13.0 Å². The summed E-state index contributed by atoms with van der Waals surface area (Å²) >= 11 is 26.8.